The highest BCUT2D eigenvalue weighted by molar-refractivity contribution is 5.56. The van der Waals surface area contributed by atoms with Crippen molar-refractivity contribution >= 4 is 5.69 Å². The smallest absolute Gasteiger partial charge is 0.0967 e. The third-order valence-electron chi connectivity index (χ3n) is 4.58. The number of rotatable bonds is 3. The van der Waals surface area contributed by atoms with Crippen molar-refractivity contribution in [3.63, 3.8) is 0 Å². The van der Waals surface area contributed by atoms with Gasteiger partial charge in [-0.05, 0) is 49.4 Å². The Balaban J connectivity index is 1.86. The van der Waals surface area contributed by atoms with Crippen LogP contribution >= 0.6 is 0 Å². The number of anilines is 1. The fourth-order valence-corrected chi connectivity index (χ4v) is 3.28. The first-order valence-electron chi connectivity index (χ1n) is 7.75. The summed E-state index contributed by atoms with van der Waals surface area (Å²) >= 11 is 0. The lowest BCUT2D eigenvalue weighted by molar-refractivity contribution is 0.179. The number of aliphatic hydroxyl groups excluding tert-OH is 1. The molecule has 1 heterocycles. The molecular formula is C19H23NO. The minimum Gasteiger partial charge on any atom is -0.387 e. The molecule has 2 aromatic rings. The molecule has 0 fully saturated rings. The maximum atomic E-state index is 10.7. The molecule has 110 valence electrons. The Morgan fingerprint density at radius 3 is 2.67 bits per heavy atom. The molecule has 2 unspecified atom stereocenters. The molecule has 0 aromatic heterocycles. The highest BCUT2D eigenvalue weighted by Gasteiger charge is 2.25. The number of nitrogens with zero attached hydrogens (tertiary/aromatic N) is 1. The van der Waals surface area contributed by atoms with E-state index in [0.717, 1.165) is 24.0 Å². The van der Waals surface area contributed by atoms with Gasteiger partial charge in [0.25, 0.3) is 0 Å². The minimum absolute atomic E-state index is 0.445. The van der Waals surface area contributed by atoms with Crippen LogP contribution in [-0.2, 0) is 6.42 Å². The lowest BCUT2D eigenvalue weighted by Crippen LogP contribution is -2.40. The van der Waals surface area contributed by atoms with E-state index < -0.39 is 6.10 Å². The zero-order valence-electron chi connectivity index (χ0n) is 12.8. The fourth-order valence-electron chi connectivity index (χ4n) is 3.28. The summed E-state index contributed by atoms with van der Waals surface area (Å²) in [4.78, 5) is 2.36. The molecule has 2 nitrogen and oxygen atoms in total. The molecule has 1 aliphatic rings. The summed E-state index contributed by atoms with van der Waals surface area (Å²) in [5, 5.41) is 10.7. The standard InChI is InChI=1S/C19H23NO/c1-14-7-3-5-9-17(14)19(21)13-20-15(2)11-12-16-8-4-6-10-18(16)20/h3-10,15,19,21H,11-13H2,1-2H3. The molecule has 2 atom stereocenters. The van der Waals surface area contributed by atoms with Crippen molar-refractivity contribution in [2.45, 2.75) is 38.8 Å². The Labute approximate surface area is 127 Å². The number of β-amino-alcohol motifs (C(OH)–C–C–N with tert-alkyl or cyclic N) is 1. The fraction of sp³-hybridized carbons (Fsp3) is 0.368. The van der Waals surface area contributed by atoms with E-state index >= 15 is 0 Å². The van der Waals surface area contributed by atoms with Gasteiger partial charge in [-0.1, -0.05) is 42.5 Å². The number of benzene rings is 2. The first kappa shape index (κ1) is 14.2. The van der Waals surface area contributed by atoms with Gasteiger partial charge in [-0.25, -0.2) is 0 Å². The molecule has 2 heteroatoms. The quantitative estimate of drug-likeness (QED) is 0.923. The number of hydrogen-bond donors (Lipinski definition) is 1. The summed E-state index contributed by atoms with van der Waals surface area (Å²) < 4.78 is 0. The van der Waals surface area contributed by atoms with E-state index in [1.54, 1.807) is 0 Å². The Bertz CT molecular complexity index is 622. The van der Waals surface area contributed by atoms with Gasteiger partial charge in [0.1, 0.15) is 0 Å². The van der Waals surface area contributed by atoms with E-state index in [2.05, 4.69) is 49.1 Å². The van der Waals surface area contributed by atoms with Gasteiger partial charge < -0.3 is 10.0 Å². The van der Waals surface area contributed by atoms with E-state index in [4.69, 9.17) is 0 Å². The van der Waals surface area contributed by atoms with Gasteiger partial charge in [0.2, 0.25) is 0 Å². The van der Waals surface area contributed by atoms with Crippen molar-refractivity contribution in [1.82, 2.24) is 0 Å². The van der Waals surface area contributed by atoms with Gasteiger partial charge >= 0.3 is 0 Å². The van der Waals surface area contributed by atoms with Gasteiger partial charge in [0.05, 0.1) is 6.10 Å². The van der Waals surface area contributed by atoms with Crippen LogP contribution in [0.2, 0.25) is 0 Å². The molecule has 0 aliphatic carbocycles. The summed E-state index contributed by atoms with van der Waals surface area (Å²) in [7, 11) is 0. The van der Waals surface area contributed by atoms with Gasteiger partial charge in [-0.2, -0.15) is 0 Å². The van der Waals surface area contributed by atoms with Gasteiger partial charge in [0.15, 0.2) is 0 Å². The summed E-state index contributed by atoms with van der Waals surface area (Å²) in [6.45, 7) is 4.97. The molecule has 2 aromatic carbocycles. The number of aliphatic hydroxyl groups is 1. The Hall–Kier alpha value is -1.80. The number of fused-ring (bicyclic) bond motifs is 1. The van der Waals surface area contributed by atoms with E-state index in [0.29, 0.717) is 12.6 Å². The summed E-state index contributed by atoms with van der Waals surface area (Å²) in [6.07, 6.45) is 1.84. The molecule has 0 spiro atoms. The molecule has 21 heavy (non-hydrogen) atoms. The zero-order valence-corrected chi connectivity index (χ0v) is 12.8. The number of hydrogen-bond acceptors (Lipinski definition) is 2. The average molecular weight is 281 g/mol. The molecule has 0 amide bonds. The maximum absolute atomic E-state index is 10.7. The Morgan fingerprint density at radius 1 is 1.14 bits per heavy atom. The predicted octanol–water partition coefficient (Wildman–Crippen LogP) is 3.87. The lowest BCUT2D eigenvalue weighted by Gasteiger charge is -2.38. The summed E-state index contributed by atoms with van der Waals surface area (Å²) in [5.74, 6) is 0. The third kappa shape index (κ3) is 2.81. The predicted molar refractivity (Wildman–Crippen MR) is 87.7 cm³/mol. The highest BCUT2D eigenvalue weighted by Crippen LogP contribution is 2.32. The monoisotopic (exact) mass is 281 g/mol. The van der Waals surface area contributed by atoms with Crippen molar-refractivity contribution in [2.75, 3.05) is 11.4 Å². The maximum Gasteiger partial charge on any atom is 0.0967 e. The van der Waals surface area contributed by atoms with Crippen LogP contribution in [0.15, 0.2) is 48.5 Å². The van der Waals surface area contributed by atoms with E-state index in [9.17, 15) is 5.11 Å². The van der Waals surface area contributed by atoms with Crippen molar-refractivity contribution in [3.8, 4) is 0 Å². The second-order valence-electron chi connectivity index (χ2n) is 6.04. The minimum atomic E-state index is -0.445. The normalized spacial score (nSPS) is 19.2. The first-order valence-corrected chi connectivity index (χ1v) is 7.75. The highest BCUT2D eigenvalue weighted by atomic mass is 16.3. The molecule has 1 N–H and O–H groups in total. The Kier molecular flexibility index (Phi) is 3.98. The zero-order chi connectivity index (χ0) is 14.8. The first-order chi connectivity index (χ1) is 10.2. The molecule has 0 radical (unpaired) electrons. The number of aryl methyl sites for hydroxylation is 2. The third-order valence-corrected chi connectivity index (χ3v) is 4.58. The van der Waals surface area contributed by atoms with Gasteiger partial charge in [0, 0.05) is 18.3 Å². The molecule has 0 saturated carbocycles. The van der Waals surface area contributed by atoms with Crippen LogP contribution in [0.25, 0.3) is 0 Å². The van der Waals surface area contributed by atoms with Crippen LogP contribution in [0.4, 0.5) is 5.69 Å². The van der Waals surface area contributed by atoms with Crippen LogP contribution in [0.1, 0.15) is 36.1 Å². The molecule has 1 aliphatic heterocycles. The number of para-hydroxylation sites is 1. The van der Waals surface area contributed by atoms with Crippen molar-refractivity contribution in [1.29, 1.82) is 0 Å². The summed E-state index contributed by atoms with van der Waals surface area (Å²) in [5.41, 5.74) is 4.87. The largest absolute Gasteiger partial charge is 0.387 e. The molecule has 0 saturated heterocycles. The van der Waals surface area contributed by atoms with Crippen LogP contribution in [-0.4, -0.2) is 17.7 Å². The topological polar surface area (TPSA) is 23.5 Å². The van der Waals surface area contributed by atoms with Crippen molar-refractivity contribution in [3.05, 3.63) is 65.2 Å². The van der Waals surface area contributed by atoms with Crippen LogP contribution in [0, 0.1) is 6.92 Å². The summed E-state index contributed by atoms with van der Waals surface area (Å²) in [6, 6.07) is 17.1. The van der Waals surface area contributed by atoms with Gasteiger partial charge in [-0.15, -0.1) is 0 Å². The molecule has 3 rings (SSSR count). The van der Waals surface area contributed by atoms with Crippen molar-refractivity contribution in [2.24, 2.45) is 0 Å². The second-order valence-corrected chi connectivity index (χ2v) is 6.04. The van der Waals surface area contributed by atoms with E-state index in [-0.39, 0.29) is 0 Å². The molecule has 0 bridgehead atoms. The van der Waals surface area contributed by atoms with Crippen molar-refractivity contribution < 1.29 is 5.11 Å². The second kappa shape index (κ2) is 5.90. The molecular weight excluding hydrogens is 258 g/mol. The van der Waals surface area contributed by atoms with Crippen LogP contribution in [0.5, 0.6) is 0 Å². The Morgan fingerprint density at radius 2 is 1.86 bits per heavy atom. The van der Waals surface area contributed by atoms with Crippen LogP contribution in [0.3, 0.4) is 0 Å². The lowest BCUT2D eigenvalue weighted by atomic mass is 9.95. The SMILES string of the molecule is Cc1ccccc1C(O)CN1c2ccccc2CCC1C. The van der Waals surface area contributed by atoms with Crippen LogP contribution < -0.4 is 4.90 Å². The average Bonchev–Trinajstić information content (AvgIpc) is 2.50. The van der Waals surface area contributed by atoms with E-state index in [1.807, 2.05) is 18.2 Å². The van der Waals surface area contributed by atoms with Gasteiger partial charge in [-0.3, -0.25) is 0 Å². The van der Waals surface area contributed by atoms with E-state index in [1.165, 1.54) is 11.3 Å².